The molecule has 2 amide bonds. The molecule has 0 unspecified atom stereocenters. The van der Waals surface area contributed by atoms with E-state index in [9.17, 15) is 9.59 Å². The number of aromatic amines is 1. The van der Waals surface area contributed by atoms with E-state index in [4.69, 9.17) is 0 Å². The number of carbonyl (C=O) groups is 2. The number of hydrogen-bond acceptors (Lipinski definition) is 3. The molecule has 24 heavy (non-hydrogen) atoms. The Morgan fingerprint density at radius 1 is 1.04 bits per heavy atom. The quantitative estimate of drug-likeness (QED) is 0.744. The van der Waals surface area contributed by atoms with Gasteiger partial charge in [-0.05, 0) is 44.1 Å². The number of nitrogens with zero attached hydrogens (tertiary/aromatic N) is 1. The minimum Gasteiger partial charge on any atom is -0.355 e. The molecule has 0 spiro atoms. The molecule has 2 aliphatic carbocycles. The molecule has 3 rings (SSSR count). The molecule has 1 aromatic rings. The fourth-order valence-corrected chi connectivity index (χ4v) is 3.77. The van der Waals surface area contributed by atoms with Crippen LogP contribution in [0.4, 0.5) is 0 Å². The van der Waals surface area contributed by atoms with Crippen LogP contribution < -0.4 is 10.6 Å². The lowest BCUT2D eigenvalue weighted by Gasteiger charge is -2.20. The van der Waals surface area contributed by atoms with Crippen molar-refractivity contribution in [2.45, 2.75) is 70.8 Å². The number of aryl methyl sites for hydroxylation is 1. The average Bonchev–Trinajstić information content (AvgIpc) is 3.04. The van der Waals surface area contributed by atoms with Crippen molar-refractivity contribution < 1.29 is 9.59 Å². The van der Waals surface area contributed by atoms with Crippen LogP contribution in [0.15, 0.2) is 0 Å². The minimum absolute atomic E-state index is 0.0356. The number of H-pyrrole nitrogens is 1. The van der Waals surface area contributed by atoms with E-state index in [1.54, 1.807) is 0 Å². The van der Waals surface area contributed by atoms with E-state index in [2.05, 4.69) is 20.8 Å². The van der Waals surface area contributed by atoms with Crippen LogP contribution in [0.1, 0.15) is 68.3 Å². The van der Waals surface area contributed by atoms with E-state index in [1.807, 2.05) is 0 Å². The average molecular weight is 332 g/mol. The van der Waals surface area contributed by atoms with Crippen LogP contribution in [0.5, 0.6) is 0 Å². The molecule has 1 aromatic heterocycles. The third-order valence-electron chi connectivity index (χ3n) is 5.22. The lowest BCUT2D eigenvalue weighted by molar-refractivity contribution is -0.126. The summed E-state index contributed by atoms with van der Waals surface area (Å²) in [6.07, 6.45) is 10.3. The van der Waals surface area contributed by atoms with Crippen LogP contribution in [0.25, 0.3) is 0 Å². The normalized spacial score (nSPS) is 18.0. The zero-order chi connectivity index (χ0) is 16.8. The van der Waals surface area contributed by atoms with Crippen LogP contribution >= 0.6 is 0 Å². The number of amides is 2. The van der Waals surface area contributed by atoms with Crippen LogP contribution in [-0.4, -0.2) is 28.6 Å². The largest absolute Gasteiger partial charge is 0.355 e. The Morgan fingerprint density at radius 3 is 2.67 bits per heavy atom. The first-order valence-electron chi connectivity index (χ1n) is 9.33. The summed E-state index contributed by atoms with van der Waals surface area (Å²) >= 11 is 0. The molecule has 1 fully saturated rings. The Kier molecular flexibility index (Phi) is 5.88. The van der Waals surface area contributed by atoms with Crippen molar-refractivity contribution in [2.75, 3.05) is 6.54 Å². The van der Waals surface area contributed by atoms with Crippen LogP contribution in [0, 0.1) is 5.92 Å². The van der Waals surface area contributed by atoms with Crippen molar-refractivity contribution in [3.05, 3.63) is 17.0 Å². The zero-order valence-corrected chi connectivity index (χ0v) is 14.3. The van der Waals surface area contributed by atoms with Gasteiger partial charge in [-0.25, -0.2) is 0 Å². The summed E-state index contributed by atoms with van der Waals surface area (Å²) in [6, 6.07) is 0. The van der Waals surface area contributed by atoms with Gasteiger partial charge in [-0.3, -0.25) is 14.7 Å². The topological polar surface area (TPSA) is 86.9 Å². The molecule has 3 N–H and O–H groups in total. The lowest BCUT2D eigenvalue weighted by atomic mass is 9.89. The highest BCUT2D eigenvalue weighted by atomic mass is 16.2. The Hall–Kier alpha value is -1.85. The van der Waals surface area contributed by atoms with Gasteiger partial charge < -0.3 is 10.6 Å². The van der Waals surface area contributed by atoms with Crippen molar-refractivity contribution in [3.8, 4) is 0 Å². The van der Waals surface area contributed by atoms with E-state index < -0.39 is 0 Å². The van der Waals surface area contributed by atoms with E-state index in [-0.39, 0.29) is 17.7 Å². The Bertz CT molecular complexity index is 576. The molecule has 0 radical (unpaired) electrons. The van der Waals surface area contributed by atoms with Gasteiger partial charge in [0.25, 0.3) is 0 Å². The molecule has 0 atom stereocenters. The SMILES string of the molecule is O=C(CCNC(=O)C1CCCCC1)NCc1n[nH]c2c1CCCC2. The van der Waals surface area contributed by atoms with Gasteiger partial charge in [0.15, 0.2) is 0 Å². The van der Waals surface area contributed by atoms with Crippen LogP contribution in [0.3, 0.4) is 0 Å². The summed E-state index contributed by atoms with van der Waals surface area (Å²) in [5.41, 5.74) is 3.47. The molecule has 0 bridgehead atoms. The first kappa shape index (κ1) is 17.0. The van der Waals surface area contributed by atoms with E-state index in [1.165, 1.54) is 30.5 Å². The number of nitrogens with one attached hydrogen (secondary N) is 3. The van der Waals surface area contributed by atoms with Crippen LogP contribution in [0.2, 0.25) is 0 Å². The highest BCUT2D eigenvalue weighted by Gasteiger charge is 2.21. The predicted molar refractivity (Wildman–Crippen MR) is 91.3 cm³/mol. The van der Waals surface area contributed by atoms with Gasteiger partial charge in [0, 0.05) is 24.6 Å². The van der Waals surface area contributed by atoms with Crippen molar-refractivity contribution in [1.82, 2.24) is 20.8 Å². The number of aromatic nitrogens is 2. The molecular formula is C18H28N4O2. The first-order chi connectivity index (χ1) is 11.7. The zero-order valence-electron chi connectivity index (χ0n) is 14.3. The second-order valence-electron chi connectivity index (χ2n) is 6.99. The summed E-state index contributed by atoms with van der Waals surface area (Å²) in [6.45, 7) is 0.890. The molecule has 2 aliphatic rings. The maximum atomic E-state index is 12.0. The van der Waals surface area contributed by atoms with Crippen molar-refractivity contribution in [3.63, 3.8) is 0 Å². The molecule has 0 saturated heterocycles. The molecule has 1 saturated carbocycles. The van der Waals surface area contributed by atoms with Gasteiger partial charge in [-0.15, -0.1) is 0 Å². The molecule has 0 aliphatic heterocycles. The molecule has 0 aromatic carbocycles. The molecule has 6 nitrogen and oxygen atoms in total. The van der Waals surface area contributed by atoms with Gasteiger partial charge >= 0.3 is 0 Å². The summed E-state index contributed by atoms with van der Waals surface area (Å²) in [5.74, 6) is 0.229. The predicted octanol–water partition coefficient (Wildman–Crippen LogP) is 1.99. The van der Waals surface area contributed by atoms with Gasteiger partial charge in [0.05, 0.1) is 12.2 Å². The van der Waals surface area contributed by atoms with Crippen molar-refractivity contribution >= 4 is 11.8 Å². The molecular weight excluding hydrogens is 304 g/mol. The van der Waals surface area contributed by atoms with Gasteiger partial charge in [0.1, 0.15) is 0 Å². The third kappa shape index (κ3) is 4.36. The fraction of sp³-hybridized carbons (Fsp3) is 0.722. The molecule has 1 heterocycles. The maximum absolute atomic E-state index is 12.0. The maximum Gasteiger partial charge on any atom is 0.223 e. The standard InChI is InChI=1S/C18H28N4O2/c23-17(10-11-19-18(24)13-6-2-1-3-7-13)20-12-16-14-8-4-5-9-15(14)21-22-16/h13H,1-12H2,(H,19,24)(H,20,23)(H,21,22). The lowest BCUT2D eigenvalue weighted by Crippen LogP contribution is -2.35. The molecule has 6 heteroatoms. The van der Waals surface area contributed by atoms with E-state index in [0.29, 0.717) is 19.5 Å². The van der Waals surface area contributed by atoms with Crippen LogP contribution in [-0.2, 0) is 29.0 Å². The number of rotatable bonds is 6. The second-order valence-corrected chi connectivity index (χ2v) is 6.99. The van der Waals surface area contributed by atoms with Crippen molar-refractivity contribution in [1.29, 1.82) is 0 Å². The second kappa shape index (κ2) is 8.31. The van der Waals surface area contributed by atoms with Gasteiger partial charge in [-0.1, -0.05) is 19.3 Å². The van der Waals surface area contributed by atoms with E-state index in [0.717, 1.165) is 44.2 Å². The Balaban J connectivity index is 1.35. The number of carbonyl (C=O) groups excluding carboxylic acids is 2. The highest BCUT2D eigenvalue weighted by Crippen LogP contribution is 2.23. The summed E-state index contributed by atoms with van der Waals surface area (Å²) in [4.78, 5) is 24.0. The van der Waals surface area contributed by atoms with Gasteiger partial charge in [0.2, 0.25) is 11.8 Å². The Morgan fingerprint density at radius 2 is 1.83 bits per heavy atom. The number of fused-ring (bicyclic) bond motifs is 1. The fourth-order valence-electron chi connectivity index (χ4n) is 3.77. The van der Waals surface area contributed by atoms with E-state index >= 15 is 0 Å². The number of hydrogen-bond donors (Lipinski definition) is 3. The monoisotopic (exact) mass is 332 g/mol. The van der Waals surface area contributed by atoms with Gasteiger partial charge in [-0.2, -0.15) is 5.10 Å². The Labute approximate surface area is 143 Å². The first-order valence-corrected chi connectivity index (χ1v) is 9.33. The molecule has 132 valence electrons. The summed E-state index contributed by atoms with van der Waals surface area (Å²) in [5, 5.41) is 13.2. The highest BCUT2D eigenvalue weighted by molar-refractivity contribution is 5.80. The summed E-state index contributed by atoms with van der Waals surface area (Å²) < 4.78 is 0. The minimum atomic E-state index is -0.0356. The smallest absolute Gasteiger partial charge is 0.223 e. The van der Waals surface area contributed by atoms with Crippen molar-refractivity contribution in [2.24, 2.45) is 5.92 Å². The summed E-state index contributed by atoms with van der Waals surface area (Å²) in [7, 11) is 0. The third-order valence-corrected chi connectivity index (χ3v) is 5.22.